The van der Waals surface area contributed by atoms with Gasteiger partial charge in [-0.2, -0.15) is 0 Å². The number of carbonyl (C=O) groups is 1. The number of methoxy groups -OCH3 is 1. The molecule has 0 aromatic heterocycles. The van der Waals surface area contributed by atoms with E-state index < -0.39 is 5.60 Å². The first kappa shape index (κ1) is 19.5. The van der Waals surface area contributed by atoms with Gasteiger partial charge < -0.3 is 19.5 Å². The van der Waals surface area contributed by atoms with Crippen molar-refractivity contribution in [2.45, 2.75) is 50.9 Å². The molecule has 1 amide bonds. The Bertz CT molecular complexity index is 566. The Labute approximate surface area is 150 Å². The zero-order valence-electron chi connectivity index (χ0n) is 15.2. The molecule has 0 bridgehead atoms. The fraction of sp³-hybridized carbons (Fsp3) is 0.550. The van der Waals surface area contributed by atoms with Crippen LogP contribution in [0.2, 0.25) is 0 Å². The minimum atomic E-state index is -1.57. The second kappa shape index (κ2) is 9.02. The van der Waals surface area contributed by atoms with Crippen LogP contribution >= 0.6 is 0 Å². The maximum atomic E-state index is 12.7. The van der Waals surface area contributed by atoms with Crippen LogP contribution in [0.25, 0.3) is 0 Å². The first-order valence-electron chi connectivity index (χ1n) is 8.88. The van der Waals surface area contributed by atoms with Crippen molar-refractivity contribution in [1.29, 1.82) is 0 Å². The second-order valence-corrected chi connectivity index (χ2v) is 6.66. The monoisotopic (exact) mass is 347 g/mol. The van der Waals surface area contributed by atoms with E-state index in [0.717, 1.165) is 30.6 Å². The summed E-state index contributed by atoms with van der Waals surface area (Å²) in [6.07, 6.45) is 4.38. The SMILES string of the molecule is C=C[C@](O)(C[C@H](C)OCc1ccc(OC)cc1)C(=O)N1CCCCC1. The average molecular weight is 347 g/mol. The van der Waals surface area contributed by atoms with E-state index in [-0.39, 0.29) is 18.4 Å². The number of ether oxygens (including phenoxy) is 2. The van der Waals surface area contributed by atoms with Gasteiger partial charge in [0.05, 0.1) is 19.8 Å². The molecular formula is C20H29NO4. The highest BCUT2D eigenvalue weighted by molar-refractivity contribution is 5.87. The van der Waals surface area contributed by atoms with E-state index in [0.29, 0.717) is 19.7 Å². The lowest BCUT2D eigenvalue weighted by Crippen LogP contribution is -2.51. The van der Waals surface area contributed by atoms with Crippen molar-refractivity contribution in [3.63, 3.8) is 0 Å². The number of amides is 1. The lowest BCUT2D eigenvalue weighted by Gasteiger charge is -2.35. The predicted molar refractivity (Wildman–Crippen MR) is 97.4 cm³/mol. The van der Waals surface area contributed by atoms with E-state index in [1.807, 2.05) is 31.2 Å². The third kappa shape index (κ3) is 5.31. The number of piperidine rings is 1. The number of aliphatic hydroxyl groups is 1. The fourth-order valence-electron chi connectivity index (χ4n) is 3.09. The summed E-state index contributed by atoms with van der Waals surface area (Å²) < 4.78 is 10.9. The number of rotatable bonds is 8. The average Bonchev–Trinajstić information content (AvgIpc) is 2.66. The zero-order chi connectivity index (χ0) is 18.3. The number of nitrogens with zero attached hydrogens (tertiary/aromatic N) is 1. The normalized spacial score (nSPS) is 18.3. The van der Waals surface area contributed by atoms with Crippen LogP contribution in [-0.4, -0.2) is 47.8 Å². The van der Waals surface area contributed by atoms with Gasteiger partial charge in [0.1, 0.15) is 5.75 Å². The molecule has 5 nitrogen and oxygen atoms in total. The van der Waals surface area contributed by atoms with E-state index >= 15 is 0 Å². The molecule has 5 heteroatoms. The number of hydrogen-bond acceptors (Lipinski definition) is 4. The molecule has 1 aliphatic heterocycles. The van der Waals surface area contributed by atoms with Crippen LogP contribution in [0.3, 0.4) is 0 Å². The molecular weight excluding hydrogens is 318 g/mol. The van der Waals surface area contributed by atoms with Crippen molar-refractivity contribution in [2.75, 3.05) is 20.2 Å². The summed E-state index contributed by atoms with van der Waals surface area (Å²) >= 11 is 0. The molecule has 2 rings (SSSR count). The molecule has 1 fully saturated rings. The Morgan fingerprint density at radius 1 is 1.32 bits per heavy atom. The first-order chi connectivity index (χ1) is 12.0. The summed E-state index contributed by atoms with van der Waals surface area (Å²) in [6, 6.07) is 7.63. The van der Waals surface area contributed by atoms with Crippen LogP contribution in [-0.2, 0) is 16.1 Å². The summed E-state index contributed by atoms with van der Waals surface area (Å²) in [5.74, 6) is 0.534. The third-order valence-electron chi connectivity index (χ3n) is 4.64. The highest BCUT2D eigenvalue weighted by Crippen LogP contribution is 2.23. The molecule has 1 aliphatic rings. The molecule has 1 N–H and O–H groups in total. The van der Waals surface area contributed by atoms with Gasteiger partial charge in [-0.1, -0.05) is 24.8 Å². The van der Waals surface area contributed by atoms with Gasteiger partial charge in [0.15, 0.2) is 5.60 Å². The number of carbonyl (C=O) groups excluding carboxylic acids is 1. The largest absolute Gasteiger partial charge is 0.497 e. The van der Waals surface area contributed by atoms with Crippen LogP contribution in [0.1, 0.15) is 38.2 Å². The molecule has 138 valence electrons. The van der Waals surface area contributed by atoms with Gasteiger partial charge in [-0.25, -0.2) is 0 Å². The highest BCUT2D eigenvalue weighted by atomic mass is 16.5. The maximum absolute atomic E-state index is 12.7. The summed E-state index contributed by atoms with van der Waals surface area (Å²) in [5, 5.41) is 10.8. The highest BCUT2D eigenvalue weighted by Gasteiger charge is 2.38. The molecule has 0 radical (unpaired) electrons. The molecule has 1 aromatic carbocycles. The van der Waals surface area contributed by atoms with Crippen molar-refractivity contribution < 1.29 is 19.4 Å². The molecule has 0 unspecified atom stereocenters. The van der Waals surface area contributed by atoms with Gasteiger partial charge >= 0.3 is 0 Å². The molecule has 0 saturated carbocycles. The number of hydrogen-bond donors (Lipinski definition) is 1. The Balaban J connectivity index is 1.89. The second-order valence-electron chi connectivity index (χ2n) is 6.66. The van der Waals surface area contributed by atoms with Crippen molar-refractivity contribution in [1.82, 2.24) is 4.90 Å². The fourth-order valence-corrected chi connectivity index (χ4v) is 3.09. The van der Waals surface area contributed by atoms with Gasteiger partial charge in [-0.05, 0) is 43.9 Å². The Kier molecular flexibility index (Phi) is 7.02. The lowest BCUT2D eigenvalue weighted by molar-refractivity contribution is -0.150. The minimum Gasteiger partial charge on any atom is -0.497 e. The summed E-state index contributed by atoms with van der Waals surface area (Å²) in [4.78, 5) is 14.4. The van der Waals surface area contributed by atoms with Crippen molar-refractivity contribution in [3.05, 3.63) is 42.5 Å². The Morgan fingerprint density at radius 3 is 2.52 bits per heavy atom. The van der Waals surface area contributed by atoms with Crippen LogP contribution in [0.5, 0.6) is 5.75 Å². The number of benzene rings is 1. The summed E-state index contributed by atoms with van der Waals surface area (Å²) in [6.45, 7) is 7.36. The zero-order valence-corrected chi connectivity index (χ0v) is 15.2. The quantitative estimate of drug-likeness (QED) is 0.735. The third-order valence-corrected chi connectivity index (χ3v) is 4.64. The first-order valence-corrected chi connectivity index (χ1v) is 8.88. The lowest BCUT2D eigenvalue weighted by atomic mass is 9.94. The summed E-state index contributed by atoms with van der Waals surface area (Å²) in [5.41, 5.74) is -0.562. The van der Waals surface area contributed by atoms with Crippen LogP contribution in [0.4, 0.5) is 0 Å². The van der Waals surface area contributed by atoms with Crippen LogP contribution < -0.4 is 4.74 Å². The molecule has 1 heterocycles. The van der Waals surface area contributed by atoms with Crippen molar-refractivity contribution in [3.8, 4) is 5.75 Å². The van der Waals surface area contributed by atoms with Crippen LogP contribution in [0.15, 0.2) is 36.9 Å². The molecule has 1 aromatic rings. The maximum Gasteiger partial charge on any atom is 0.258 e. The van der Waals surface area contributed by atoms with E-state index in [1.165, 1.54) is 6.08 Å². The van der Waals surface area contributed by atoms with Crippen LogP contribution in [0, 0.1) is 0 Å². The van der Waals surface area contributed by atoms with Gasteiger partial charge in [0.25, 0.3) is 5.91 Å². The van der Waals surface area contributed by atoms with Gasteiger partial charge in [0, 0.05) is 19.5 Å². The minimum absolute atomic E-state index is 0.196. The molecule has 25 heavy (non-hydrogen) atoms. The summed E-state index contributed by atoms with van der Waals surface area (Å²) in [7, 11) is 1.63. The predicted octanol–water partition coefficient (Wildman–Crippen LogP) is 2.92. The van der Waals surface area contributed by atoms with E-state index in [9.17, 15) is 9.90 Å². The topological polar surface area (TPSA) is 59.0 Å². The van der Waals surface area contributed by atoms with Gasteiger partial charge in [-0.15, -0.1) is 0 Å². The Hall–Kier alpha value is -1.85. The van der Waals surface area contributed by atoms with E-state index in [4.69, 9.17) is 9.47 Å². The van der Waals surface area contributed by atoms with Gasteiger partial charge in [0.2, 0.25) is 0 Å². The van der Waals surface area contributed by atoms with Crippen molar-refractivity contribution in [2.24, 2.45) is 0 Å². The molecule has 1 saturated heterocycles. The number of likely N-dealkylation sites (tertiary alicyclic amines) is 1. The molecule has 2 atom stereocenters. The smallest absolute Gasteiger partial charge is 0.258 e. The standard InChI is InChI=1S/C20H29NO4/c1-4-20(23,19(22)21-12-6-5-7-13-21)14-16(2)25-15-17-8-10-18(24-3)11-9-17/h4,8-11,16,23H,1,5-7,12-15H2,2-3H3/t16-,20-/m0/s1. The van der Waals surface area contributed by atoms with E-state index in [2.05, 4.69) is 6.58 Å². The van der Waals surface area contributed by atoms with E-state index in [1.54, 1.807) is 12.0 Å². The Morgan fingerprint density at radius 2 is 1.96 bits per heavy atom. The molecule has 0 aliphatic carbocycles. The van der Waals surface area contributed by atoms with Crippen molar-refractivity contribution >= 4 is 5.91 Å². The molecule has 0 spiro atoms. The van der Waals surface area contributed by atoms with Gasteiger partial charge in [-0.3, -0.25) is 4.79 Å².